The van der Waals surface area contributed by atoms with Crippen LogP contribution in [0, 0.1) is 29.6 Å². The highest BCUT2D eigenvalue weighted by Gasteiger charge is 2.44. The van der Waals surface area contributed by atoms with E-state index in [1.807, 2.05) is 6.92 Å². The highest BCUT2D eigenvalue weighted by atomic mass is 19.2. The van der Waals surface area contributed by atoms with Crippen molar-refractivity contribution in [2.75, 3.05) is 0 Å². The van der Waals surface area contributed by atoms with Crippen molar-refractivity contribution < 1.29 is 8.78 Å². The Morgan fingerprint density at radius 3 is 2.23 bits per heavy atom. The van der Waals surface area contributed by atoms with E-state index in [0.29, 0.717) is 11.8 Å². The van der Waals surface area contributed by atoms with Crippen molar-refractivity contribution in [1.82, 2.24) is 0 Å². The van der Waals surface area contributed by atoms with E-state index in [1.165, 1.54) is 12.8 Å². The van der Waals surface area contributed by atoms with Crippen molar-refractivity contribution in [3.8, 4) is 0 Å². The molecule has 0 amide bonds. The van der Waals surface area contributed by atoms with Crippen molar-refractivity contribution in [2.45, 2.75) is 85.0 Å². The second-order valence-electron chi connectivity index (χ2n) is 8.33. The molecule has 0 N–H and O–H groups in total. The molecular weight excluding hydrogens is 278 g/mol. The lowest BCUT2D eigenvalue weighted by molar-refractivity contribution is -0.00123. The first kappa shape index (κ1) is 17.9. The van der Waals surface area contributed by atoms with E-state index in [1.54, 1.807) is 0 Å². The first-order valence-electron chi connectivity index (χ1n) is 9.35. The van der Waals surface area contributed by atoms with Crippen LogP contribution in [-0.4, -0.2) is 12.3 Å². The lowest BCUT2D eigenvalue weighted by Crippen LogP contribution is -2.42. The summed E-state index contributed by atoms with van der Waals surface area (Å²) in [4.78, 5) is 0. The second-order valence-corrected chi connectivity index (χ2v) is 8.33. The third-order valence-corrected chi connectivity index (χ3v) is 6.07. The fourth-order valence-electron chi connectivity index (χ4n) is 4.41. The molecule has 4 atom stereocenters. The highest BCUT2D eigenvalue weighted by Crippen LogP contribution is 2.45. The number of hydrogen-bond acceptors (Lipinski definition) is 0. The summed E-state index contributed by atoms with van der Waals surface area (Å²) in [5.74, 6) is 1.55. The zero-order chi connectivity index (χ0) is 16.3. The first-order chi connectivity index (χ1) is 10.4. The van der Waals surface area contributed by atoms with E-state index < -0.39 is 12.3 Å². The van der Waals surface area contributed by atoms with Crippen LogP contribution in [0.15, 0.2) is 11.6 Å². The van der Waals surface area contributed by atoms with E-state index in [2.05, 4.69) is 26.8 Å². The first-order valence-corrected chi connectivity index (χ1v) is 9.35. The van der Waals surface area contributed by atoms with Gasteiger partial charge in [0.15, 0.2) is 0 Å². The average Bonchev–Trinajstić information content (AvgIpc) is 2.48. The van der Waals surface area contributed by atoms with Crippen molar-refractivity contribution in [3.63, 3.8) is 0 Å². The van der Waals surface area contributed by atoms with Gasteiger partial charge in [-0.3, -0.25) is 0 Å². The van der Waals surface area contributed by atoms with Gasteiger partial charge in [0.2, 0.25) is 0 Å². The Labute approximate surface area is 135 Å². The van der Waals surface area contributed by atoms with Gasteiger partial charge in [0.05, 0.1) is 0 Å². The zero-order valence-corrected chi connectivity index (χ0v) is 14.8. The predicted octanol–water partition coefficient (Wildman–Crippen LogP) is 6.51. The topological polar surface area (TPSA) is 0 Å². The molecule has 0 bridgehead atoms. The summed E-state index contributed by atoms with van der Waals surface area (Å²) in [5.41, 5.74) is 1.07. The minimum atomic E-state index is -1.29. The third-order valence-electron chi connectivity index (χ3n) is 6.07. The van der Waals surface area contributed by atoms with Crippen LogP contribution in [0.3, 0.4) is 0 Å². The molecule has 2 aliphatic carbocycles. The average molecular weight is 312 g/mol. The number of allylic oxidation sites excluding steroid dienone is 2. The maximum absolute atomic E-state index is 14.7. The van der Waals surface area contributed by atoms with Crippen molar-refractivity contribution in [2.24, 2.45) is 29.6 Å². The normalized spacial score (nSPS) is 41.0. The van der Waals surface area contributed by atoms with Crippen LogP contribution in [0.4, 0.5) is 8.78 Å². The Hall–Kier alpha value is -0.400. The van der Waals surface area contributed by atoms with Crippen LogP contribution in [0.2, 0.25) is 0 Å². The Morgan fingerprint density at radius 2 is 1.64 bits per heavy atom. The zero-order valence-electron chi connectivity index (χ0n) is 14.8. The van der Waals surface area contributed by atoms with Gasteiger partial charge in [-0.2, -0.15) is 0 Å². The van der Waals surface area contributed by atoms with Crippen LogP contribution in [0.1, 0.15) is 72.6 Å². The van der Waals surface area contributed by atoms with E-state index in [0.717, 1.165) is 43.6 Å². The van der Waals surface area contributed by atoms with E-state index in [-0.39, 0.29) is 11.8 Å². The molecule has 0 saturated heterocycles. The molecule has 2 aliphatic rings. The SMILES string of the molecule is C/C(=C\CC(C)C)C1CCC(C2CCC(C)CC2)C(F)C1F. The molecule has 2 saturated carbocycles. The monoisotopic (exact) mass is 312 g/mol. The summed E-state index contributed by atoms with van der Waals surface area (Å²) in [7, 11) is 0. The van der Waals surface area contributed by atoms with Crippen molar-refractivity contribution in [3.05, 3.63) is 11.6 Å². The summed E-state index contributed by atoms with van der Waals surface area (Å²) >= 11 is 0. The summed E-state index contributed by atoms with van der Waals surface area (Å²) in [6.45, 7) is 8.60. The van der Waals surface area contributed by atoms with Crippen LogP contribution < -0.4 is 0 Å². The molecule has 0 aromatic heterocycles. The smallest absolute Gasteiger partial charge is 0.138 e. The quantitative estimate of drug-likeness (QED) is 0.519. The van der Waals surface area contributed by atoms with Gasteiger partial charge in [0, 0.05) is 5.92 Å². The minimum absolute atomic E-state index is 0.0309. The van der Waals surface area contributed by atoms with E-state index in [4.69, 9.17) is 0 Å². The van der Waals surface area contributed by atoms with Crippen LogP contribution in [0.25, 0.3) is 0 Å². The number of halogens is 2. The van der Waals surface area contributed by atoms with Crippen molar-refractivity contribution >= 4 is 0 Å². The highest BCUT2D eigenvalue weighted by molar-refractivity contribution is 5.10. The molecule has 0 aliphatic heterocycles. The molecule has 2 fully saturated rings. The molecule has 22 heavy (non-hydrogen) atoms. The van der Waals surface area contributed by atoms with Crippen LogP contribution >= 0.6 is 0 Å². The van der Waals surface area contributed by atoms with Gasteiger partial charge in [-0.25, -0.2) is 8.78 Å². The van der Waals surface area contributed by atoms with Gasteiger partial charge >= 0.3 is 0 Å². The molecule has 0 spiro atoms. The van der Waals surface area contributed by atoms with Crippen LogP contribution in [-0.2, 0) is 0 Å². The van der Waals surface area contributed by atoms with E-state index >= 15 is 0 Å². The lowest BCUT2D eigenvalue weighted by atomic mass is 9.67. The predicted molar refractivity (Wildman–Crippen MR) is 90.3 cm³/mol. The second kappa shape index (κ2) is 7.93. The molecule has 0 nitrogen and oxygen atoms in total. The maximum atomic E-state index is 14.7. The molecule has 0 aromatic carbocycles. The summed E-state index contributed by atoms with van der Waals surface area (Å²) in [6, 6.07) is 0. The van der Waals surface area contributed by atoms with Crippen LogP contribution in [0.5, 0.6) is 0 Å². The van der Waals surface area contributed by atoms with Gasteiger partial charge < -0.3 is 0 Å². The van der Waals surface area contributed by atoms with Gasteiger partial charge in [-0.15, -0.1) is 0 Å². The van der Waals surface area contributed by atoms with Crippen molar-refractivity contribution in [1.29, 1.82) is 0 Å². The Kier molecular flexibility index (Phi) is 6.46. The van der Waals surface area contributed by atoms with Gasteiger partial charge in [-0.05, 0) is 62.7 Å². The van der Waals surface area contributed by atoms with Gasteiger partial charge in [0.1, 0.15) is 12.3 Å². The fraction of sp³-hybridized carbons (Fsp3) is 0.900. The molecule has 4 unspecified atom stereocenters. The Balaban J connectivity index is 1.95. The molecule has 0 aromatic rings. The van der Waals surface area contributed by atoms with Gasteiger partial charge in [-0.1, -0.05) is 45.3 Å². The standard InChI is InChI=1S/C20H34F2/c1-13(2)5-8-15(4)17-11-12-18(20(22)19(17)21)16-9-6-14(3)7-10-16/h8,13-14,16-20H,5-7,9-12H2,1-4H3/b15-8+. The Morgan fingerprint density at radius 1 is 1.00 bits per heavy atom. The number of alkyl halides is 2. The molecule has 2 rings (SSSR count). The molecule has 128 valence electrons. The maximum Gasteiger partial charge on any atom is 0.138 e. The minimum Gasteiger partial charge on any atom is -0.244 e. The summed E-state index contributed by atoms with van der Waals surface area (Å²) in [6.07, 6.45) is 6.87. The fourth-order valence-corrected chi connectivity index (χ4v) is 4.41. The molecule has 0 radical (unpaired) electrons. The van der Waals surface area contributed by atoms with E-state index in [9.17, 15) is 8.78 Å². The third kappa shape index (κ3) is 4.32. The number of hydrogen-bond donors (Lipinski definition) is 0. The largest absolute Gasteiger partial charge is 0.244 e. The summed E-state index contributed by atoms with van der Waals surface area (Å²) < 4.78 is 29.4. The molecule has 2 heteroatoms. The lowest BCUT2D eigenvalue weighted by Gasteiger charge is -2.41. The molecular formula is C20H34F2. The van der Waals surface area contributed by atoms with Gasteiger partial charge in [0.25, 0.3) is 0 Å². The molecule has 0 heterocycles. The number of rotatable bonds is 4. The Bertz CT molecular complexity index is 366. The summed E-state index contributed by atoms with van der Waals surface area (Å²) in [5, 5.41) is 0.